The highest BCUT2D eigenvalue weighted by Crippen LogP contribution is 2.52. The molecule has 14 rings (SSSR count). The van der Waals surface area contributed by atoms with E-state index in [4.69, 9.17) is 0 Å². The van der Waals surface area contributed by atoms with E-state index in [9.17, 15) is 21.0 Å². The maximum Gasteiger partial charge on any atom is 0.244 e. The van der Waals surface area contributed by atoms with Gasteiger partial charge < -0.3 is 0 Å². The van der Waals surface area contributed by atoms with Crippen LogP contribution in [0.1, 0.15) is 44.5 Å². The Kier molecular flexibility index (Phi) is 6.98. The zero-order chi connectivity index (χ0) is 44.6. The lowest BCUT2D eigenvalue weighted by Crippen LogP contribution is -2.53. The molecule has 4 nitrogen and oxygen atoms in total. The lowest BCUT2D eigenvalue weighted by Gasteiger charge is -2.33. The molecule has 0 aliphatic carbocycles. The van der Waals surface area contributed by atoms with Crippen LogP contribution < -0.4 is 32.8 Å². The third-order valence-electron chi connectivity index (χ3n) is 15.6. The monoisotopic (exact) mass is 830 g/mol. The quantitative estimate of drug-likeness (QED) is 0.128. The SMILES string of the molecule is Cc1cccc(C)c1-c1cc2c3c(cc4c(-c5c(C)cccc5C)cc5c6c(cc1c3c46)B1c3ccc(C#N)cc3-c3cc(C#N)cc-5c31)B1c3ccc(C#N)cc3-c3cc(C#N)cc-2c31. The van der Waals surface area contributed by atoms with E-state index < -0.39 is 0 Å². The minimum atomic E-state index is -0.119. The van der Waals surface area contributed by atoms with Gasteiger partial charge >= 0.3 is 0 Å². The van der Waals surface area contributed by atoms with Crippen LogP contribution in [0.15, 0.2) is 121 Å². The van der Waals surface area contributed by atoms with Crippen LogP contribution in [-0.2, 0) is 0 Å². The van der Waals surface area contributed by atoms with E-state index in [1.165, 1.54) is 87.5 Å². The van der Waals surface area contributed by atoms with Crippen LogP contribution in [0.25, 0.3) is 99.1 Å². The van der Waals surface area contributed by atoms with Crippen molar-refractivity contribution in [2.75, 3.05) is 0 Å². The number of hydrogen-bond donors (Lipinski definition) is 0. The standard InChI is InChI=1S/C60H32B2N4/c1-29-7-5-8-30(2)53(29)39-21-41-47-19-35(27-65)17-45-37-15-34(26-64)12-14-50(37)62(59(45)47)52-24-44-40(54-31(3)9-6-10-32(54)4)22-42-48-20-36(28-66)18-46-38-16-33(25-63)11-13-49(38)61(60(46)48)51-23-43(39)57(55(41)52)58(44)56(42)51/h5-24H,1-4H3. The molecule has 0 aromatic heterocycles. The van der Waals surface area contributed by atoms with Crippen LogP contribution in [-0.4, -0.2) is 13.4 Å². The molecule has 66 heavy (non-hydrogen) atoms. The van der Waals surface area contributed by atoms with E-state index in [2.05, 4.69) is 137 Å². The Bertz CT molecular complexity index is 3910. The molecule has 0 bridgehead atoms. The van der Waals surface area contributed by atoms with Crippen LogP contribution in [0.3, 0.4) is 0 Å². The Hall–Kier alpha value is -8.67. The Balaban J connectivity index is 1.27. The van der Waals surface area contributed by atoms with Gasteiger partial charge in [-0.15, -0.1) is 0 Å². The van der Waals surface area contributed by atoms with Crippen molar-refractivity contribution >= 4 is 78.5 Å². The molecular weight excluding hydrogens is 798 g/mol. The van der Waals surface area contributed by atoms with Crippen LogP contribution in [0, 0.1) is 73.0 Å². The van der Waals surface area contributed by atoms with Crippen molar-refractivity contribution in [1.29, 1.82) is 21.0 Å². The summed E-state index contributed by atoms with van der Waals surface area (Å²) in [6.45, 7) is 8.60. The molecule has 4 aliphatic heterocycles. The molecule has 0 unspecified atom stereocenters. The fourth-order valence-electron chi connectivity index (χ4n) is 13.2. The van der Waals surface area contributed by atoms with Crippen LogP contribution in [0.5, 0.6) is 0 Å². The van der Waals surface area contributed by atoms with E-state index in [0.717, 1.165) is 66.6 Å². The van der Waals surface area contributed by atoms with E-state index in [0.29, 0.717) is 22.3 Å². The topological polar surface area (TPSA) is 95.2 Å². The number of nitriles is 4. The lowest BCUT2D eigenvalue weighted by molar-refractivity contribution is 1.38. The Morgan fingerprint density at radius 1 is 0.318 bits per heavy atom. The highest BCUT2D eigenvalue weighted by atomic mass is 14.4. The first-order chi connectivity index (χ1) is 32.2. The van der Waals surface area contributed by atoms with Gasteiger partial charge in [0.2, 0.25) is 13.4 Å². The number of rotatable bonds is 2. The molecule has 0 fully saturated rings. The minimum absolute atomic E-state index is 0.119. The summed E-state index contributed by atoms with van der Waals surface area (Å²) >= 11 is 0. The van der Waals surface area contributed by atoms with Crippen molar-refractivity contribution in [3.63, 3.8) is 0 Å². The van der Waals surface area contributed by atoms with Crippen LogP contribution in [0.2, 0.25) is 0 Å². The molecule has 10 aromatic rings. The van der Waals surface area contributed by atoms with E-state index in [1.54, 1.807) is 0 Å². The number of aryl methyl sites for hydroxylation is 4. The number of benzene rings is 10. The molecule has 0 amide bonds. The molecule has 298 valence electrons. The van der Waals surface area contributed by atoms with E-state index in [-0.39, 0.29) is 13.4 Å². The molecular formula is C60H32B2N4. The molecule has 4 aliphatic rings. The number of nitrogens with zero attached hydrogens (tertiary/aromatic N) is 4. The van der Waals surface area contributed by atoms with Crippen molar-refractivity contribution < 1.29 is 0 Å². The zero-order valence-electron chi connectivity index (χ0n) is 36.5. The first kappa shape index (κ1) is 36.8. The largest absolute Gasteiger partial charge is 0.244 e. The highest BCUT2D eigenvalue weighted by Gasteiger charge is 2.45. The first-order valence-electron chi connectivity index (χ1n) is 22.5. The van der Waals surface area contributed by atoms with Crippen molar-refractivity contribution in [3.8, 4) is 91.0 Å². The summed E-state index contributed by atoms with van der Waals surface area (Å²) in [5.41, 5.74) is 27.4. The van der Waals surface area contributed by atoms with Gasteiger partial charge in [-0.3, -0.25) is 0 Å². The van der Waals surface area contributed by atoms with Crippen molar-refractivity contribution in [2.45, 2.75) is 27.7 Å². The minimum Gasteiger partial charge on any atom is -0.192 e. The predicted molar refractivity (Wildman–Crippen MR) is 270 cm³/mol. The predicted octanol–water partition coefficient (Wildman–Crippen LogP) is 9.59. The average Bonchev–Trinajstić information content (AvgIpc) is 3.84. The molecule has 0 spiro atoms. The Morgan fingerprint density at radius 2 is 0.667 bits per heavy atom. The third-order valence-corrected chi connectivity index (χ3v) is 15.6. The smallest absolute Gasteiger partial charge is 0.192 e. The summed E-state index contributed by atoms with van der Waals surface area (Å²) in [4.78, 5) is 0. The fourth-order valence-corrected chi connectivity index (χ4v) is 13.2. The van der Waals surface area contributed by atoms with Gasteiger partial charge in [-0.05, 0) is 210 Å². The lowest BCUT2D eigenvalue weighted by atomic mass is 9.34. The van der Waals surface area contributed by atoms with Gasteiger partial charge in [-0.25, -0.2) is 0 Å². The van der Waals surface area contributed by atoms with Crippen molar-refractivity contribution in [2.24, 2.45) is 0 Å². The highest BCUT2D eigenvalue weighted by molar-refractivity contribution is 7.03. The van der Waals surface area contributed by atoms with E-state index in [1.807, 2.05) is 36.4 Å². The summed E-state index contributed by atoms with van der Waals surface area (Å²) < 4.78 is 0. The number of hydrogen-bond acceptors (Lipinski definition) is 4. The first-order valence-corrected chi connectivity index (χ1v) is 22.5. The van der Waals surface area contributed by atoms with Crippen molar-refractivity contribution in [3.05, 3.63) is 166 Å². The molecule has 6 heteroatoms. The summed E-state index contributed by atoms with van der Waals surface area (Å²) in [7, 11) is 0. The molecule has 4 heterocycles. The van der Waals surface area contributed by atoms with Crippen LogP contribution >= 0.6 is 0 Å². The Morgan fingerprint density at radius 3 is 1.03 bits per heavy atom. The summed E-state index contributed by atoms with van der Waals surface area (Å²) in [6, 6.07) is 53.2. The van der Waals surface area contributed by atoms with E-state index >= 15 is 0 Å². The maximum atomic E-state index is 10.6. The third kappa shape index (κ3) is 4.37. The van der Waals surface area contributed by atoms with Gasteiger partial charge in [0, 0.05) is 0 Å². The summed E-state index contributed by atoms with van der Waals surface area (Å²) in [6.07, 6.45) is 0. The van der Waals surface area contributed by atoms with Crippen LogP contribution in [0.4, 0.5) is 0 Å². The number of fused-ring (bicyclic) bond motifs is 10. The second kappa shape index (κ2) is 12.5. The average molecular weight is 831 g/mol. The fraction of sp³-hybridized carbons (Fsp3) is 0.0667. The van der Waals surface area contributed by atoms with Gasteiger partial charge in [0.05, 0.1) is 46.5 Å². The molecule has 0 saturated carbocycles. The zero-order valence-corrected chi connectivity index (χ0v) is 36.5. The molecule has 10 aromatic carbocycles. The van der Waals surface area contributed by atoms with Gasteiger partial charge in [-0.2, -0.15) is 21.0 Å². The molecule has 0 radical (unpaired) electrons. The van der Waals surface area contributed by atoms with Gasteiger partial charge in [0.25, 0.3) is 0 Å². The van der Waals surface area contributed by atoms with Gasteiger partial charge in [-0.1, -0.05) is 93.4 Å². The normalized spacial score (nSPS) is 12.7. The molecule has 0 N–H and O–H groups in total. The van der Waals surface area contributed by atoms with Crippen molar-refractivity contribution in [1.82, 2.24) is 0 Å². The maximum absolute atomic E-state index is 10.6. The second-order valence-electron chi connectivity index (χ2n) is 18.9. The van der Waals surface area contributed by atoms with Gasteiger partial charge in [0.15, 0.2) is 0 Å². The Labute approximate surface area is 382 Å². The summed E-state index contributed by atoms with van der Waals surface area (Å²) in [5.74, 6) is 0. The molecule has 0 atom stereocenters. The molecule has 0 saturated heterocycles. The summed E-state index contributed by atoms with van der Waals surface area (Å²) in [5, 5.41) is 48.8. The van der Waals surface area contributed by atoms with Gasteiger partial charge in [0.1, 0.15) is 0 Å². The second-order valence-corrected chi connectivity index (χ2v) is 18.9.